The standard InChI is InChI=1S/C21H20ClNO4/c1-21(2,15-3-5-18-19(11-15)26-8-7-25-18)23-20(24)14-9-13-10-16(22)4-6-17(13)27-12-14/h3-6,9-11H,7-8,12H2,1-2H3,(H,23,24). The van der Waals surface area contributed by atoms with Crippen molar-refractivity contribution in [2.24, 2.45) is 0 Å². The molecule has 2 aliphatic rings. The number of fused-ring (bicyclic) bond motifs is 2. The predicted octanol–water partition coefficient (Wildman–Crippen LogP) is 3.94. The molecule has 0 saturated heterocycles. The summed E-state index contributed by atoms with van der Waals surface area (Å²) in [6, 6.07) is 11.1. The van der Waals surface area contributed by atoms with Gasteiger partial charge in [-0.1, -0.05) is 17.7 Å². The molecule has 0 unspecified atom stereocenters. The minimum absolute atomic E-state index is 0.180. The summed E-state index contributed by atoms with van der Waals surface area (Å²) in [7, 11) is 0. The van der Waals surface area contributed by atoms with E-state index in [9.17, 15) is 4.79 Å². The number of halogens is 1. The van der Waals surface area contributed by atoms with E-state index in [1.807, 2.05) is 44.2 Å². The summed E-state index contributed by atoms with van der Waals surface area (Å²) in [5, 5.41) is 3.68. The van der Waals surface area contributed by atoms with E-state index in [0.717, 1.165) is 22.6 Å². The first-order chi connectivity index (χ1) is 12.9. The van der Waals surface area contributed by atoms with E-state index >= 15 is 0 Å². The van der Waals surface area contributed by atoms with Crippen LogP contribution in [0.4, 0.5) is 0 Å². The van der Waals surface area contributed by atoms with Crippen LogP contribution in [0.5, 0.6) is 17.2 Å². The second kappa shape index (κ2) is 6.82. The lowest BCUT2D eigenvalue weighted by Crippen LogP contribution is -2.42. The van der Waals surface area contributed by atoms with E-state index in [-0.39, 0.29) is 12.5 Å². The van der Waals surface area contributed by atoms with E-state index in [2.05, 4.69) is 5.32 Å². The van der Waals surface area contributed by atoms with E-state index in [1.165, 1.54) is 0 Å². The Morgan fingerprint density at radius 2 is 1.74 bits per heavy atom. The van der Waals surface area contributed by atoms with Gasteiger partial charge >= 0.3 is 0 Å². The highest BCUT2D eigenvalue weighted by atomic mass is 35.5. The molecule has 0 fully saturated rings. The molecular weight excluding hydrogens is 366 g/mol. The van der Waals surface area contributed by atoms with Crippen molar-refractivity contribution < 1.29 is 19.0 Å². The Bertz CT molecular complexity index is 936. The van der Waals surface area contributed by atoms with Crippen LogP contribution in [-0.4, -0.2) is 25.7 Å². The Morgan fingerprint density at radius 1 is 1.00 bits per heavy atom. The zero-order chi connectivity index (χ0) is 19.0. The van der Waals surface area contributed by atoms with Crippen LogP contribution in [0.1, 0.15) is 25.0 Å². The van der Waals surface area contributed by atoms with Gasteiger partial charge in [0.1, 0.15) is 25.6 Å². The van der Waals surface area contributed by atoms with Crippen molar-refractivity contribution >= 4 is 23.6 Å². The number of amides is 1. The molecule has 2 heterocycles. The number of hydrogen-bond donors (Lipinski definition) is 1. The third kappa shape index (κ3) is 3.60. The molecule has 5 nitrogen and oxygen atoms in total. The number of hydrogen-bond acceptors (Lipinski definition) is 4. The number of ether oxygens (including phenoxy) is 3. The SMILES string of the molecule is CC(C)(NC(=O)C1=Cc2cc(Cl)ccc2OC1)c1ccc2c(c1)OCCO2. The van der Waals surface area contributed by atoms with Crippen LogP contribution in [0.25, 0.3) is 6.08 Å². The monoisotopic (exact) mass is 385 g/mol. The fourth-order valence-electron chi connectivity index (χ4n) is 3.15. The molecule has 2 aromatic rings. The fourth-order valence-corrected chi connectivity index (χ4v) is 3.33. The highest BCUT2D eigenvalue weighted by Gasteiger charge is 2.27. The molecule has 0 spiro atoms. The van der Waals surface area contributed by atoms with Crippen molar-refractivity contribution in [1.29, 1.82) is 0 Å². The van der Waals surface area contributed by atoms with Gasteiger partial charge in [-0.3, -0.25) is 4.79 Å². The van der Waals surface area contributed by atoms with Crippen LogP contribution in [0.3, 0.4) is 0 Å². The Hall–Kier alpha value is -2.66. The minimum Gasteiger partial charge on any atom is -0.488 e. The van der Waals surface area contributed by atoms with Crippen molar-refractivity contribution in [3.63, 3.8) is 0 Å². The topological polar surface area (TPSA) is 56.8 Å². The normalized spacial score (nSPS) is 15.3. The maximum absolute atomic E-state index is 12.8. The molecular formula is C21H20ClNO4. The Balaban J connectivity index is 1.55. The second-order valence-corrected chi connectivity index (χ2v) is 7.51. The van der Waals surface area contributed by atoms with Gasteiger partial charge < -0.3 is 19.5 Å². The van der Waals surface area contributed by atoms with Gasteiger partial charge in [0.15, 0.2) is 11.5 Å². The summed E-state index contributed by atoms with van der Waals surface area (Å²) in [5.41, 5.74) is 1.69. The molecule has 0 aromatic heterocycles. The molecule has 1 N–H and O–H groups in total. The zero-order valence-electron chi connectivity index (χ0n) is 15.2. The maximum Gasteiger partial charge on any atom is 0.251 e. The molecule has 6 heteroatoms. The molecule has 2 aliphatic heterocycles. The van der Waals surface area contributed by atoms with Gasteiger partial charge in [0.2, 0.25) is 0 Å². The van der Waals surface area contributed by atoms with E-state index in [0.29, 0.717) is 29.6 Å². The van der Waals surface area contributed by atoms with Crippen LogP contribution in [-0.2, 0) is 10.3 Å². The van der Waals surface area contributed by atoms with Gasteiger partial charge in [-0.2, -0.15) is 0 Å². The first kappa shape index (κ1) is 17.7. The van der Waals surface area contributed by atoms with E-state index in [1.54, 1.807) is 12.1 Å². The third-order valence-corrected chi connectivity index (χ3v) is 4.90. The molecule has 2 aromatic carbocycles. The van der Waals surface area contributed by atoms with Crippen molar-refractivity contribution in [1.82, 2.24) is 5.32 Å². The quantitative estimate of drug-likeness (QED) is 0.869. The predicted molar refractivity (Wildman–Crippen MR) is 104 cm³/mol. The van der Waals surface area contributed by atoms with Gasteiger partial charge in [0.05, 0.1) is 11.1 Å². The first-order valence-corrected chi connectivity index (χ1v) is 9.16. The van der Waals surface area contributed by atoms with Gasteiger partial charge in [-0.15, -0.1) is 0 Å². The van der Waals surface area contributed by atoms with Gasteiger partial charge in [-0.05, 0) is 55.8 Å². The Kier molecular flexibility index (Phi) is 4.48. The number of nitrogens with one attached hydrogen (secondary N) is 1. The number of benzene rings is 2. The van der Waals surface area contributed by atoms with Crippen molar-refractivity contribution in [3.05, 3.63) is 58.1 Å². The lowest BCUT2D eigenvalue weighted by molar-refractivity contribution is -0.119. The lowest BCUT2D eigenvalue weighted by atomic mass is 9.93. The third-order valence-electron chi connectivity index (χ3n) is 4.67. The Labute approximate surface area is 162 Å². The molecule has 0 bridgehead atoms. The van der Waals surface area contributed by atoms with Crippen LogP contribution in [0.15, 0.2) is 42.0 Å². The summed E-state index contributed by atoms with van der Waals surface area (Å²) in [4.78, 5) is 12.8. The smallest absolute Gasteiger partial charge is 0.251 e. The summed E-state index contributed by atoms with van der Waals surface area (Å²) in [6.07, 6.45) is 1.82. The van der Waals surface area contributed by atoms with Gasteiger partial charge in [0, 0.05) is 10.6 Å². The largest absolute Gasteiger partial charge is 0.488 e. The minimum atomic E-state index is -0.595. The van der Waals surface area contributed by atoms with Crippen LogP contribution in [0, 0.1) is 0 Å². The van der Waals surface area contributed by atoms with Crippen LogP contribution < -0.4 is 19.5 Å². The van der Waals surface area contributed by atoms with Crippen molar-refractivity contribution in [2.45, 2.75) is 19.4 Å². The molecule has 0 radical (unpaired) electrons. The number of rotatable bonds is 3. The average Bonchev–Trinajstić information content (AvgIpc) is 2.66. The summed E-state index contributed by atoms with van der Waals surface area (Å²) in [5.74, 6) is 1.97. The van der Waals surface area contributed by atoms with Crippen LogP contribution in [0.2, 0.25) is 5.02 Å². The number of carbonyl (C=O) groups is 1. The highest BCUT2D eigenvalue weighted by Crippen LogP contribution is 2.35. The molecule has 4 rings (SSSR count). The van der Waals surface area contributed by atoms with E-state index in [4.69, 9.17) is 25.8 Å². The van der Waals surface area contributed by atoms with E-state index < -0.39 is 5.54 Å². The Morgan fingerprint density at radius 3 is 2.56 bits per heavy atom. The second-order valence-electron chi connectivity index (χ2n) is 7.08. The highest BCUT2D eigenvalue weighted by molar-refractivity contribution is 6.30. The summed E-state index contributed by atoms with van der Waals surface area (Å²) in [6.45, 7) is 5.19. The number of carbonyl (C=O) groups excluding carboxylic acids is 1. The van der Waals surface area contributed by atoms with Crippen LogP contribution >= 0.6 is 11.6 Å². The maximum atomic E-state index is 12.8. The average molecular weight is 386 g/mol. The lowest BCUT2D eigenvalue weighted by Gasteiger charge is -2.29. The molecule has 140 valence electrons. The van der Waals surface area contributed by atoms with Crippen molar-refractivity contribution in [2.75, 3.05) is 19.8 Å². The fraction of sp³-hybridized carbons (Fsp3) is 0.286. The molecule has 0 saturated carbocycles. The van der Waals surface area contributed by atoms with Gasteiger partial charge in [-0.25, -0.2) is 0 Å². The summed E-state index contributed by atoms with van der Waals surface area (Å²) < 4.78 is 16.9. The molecule has 0 atom stereocenters. The summed E-state index contributed by atoms with van der Waals surface area (Å²) >= 11 is 6.04. The zero-order valence-corrected chi connectivity index (χ0v) is 15.9. The van der Waals surface area contributed by atoms with Crippen molar-refractivity contribution in [3.8, 4) is 17.2 Å². The first-order valence-electron chi connectivity index (χ1n) is 8.78. The molecule has 0 aliphatic carbocycles. The van der Waals surface area contributed by atoms with Gasteiger partial charge in [0.25, 0.3) is 5.91 Å². The molecule has 27 heavy (non-hydrogen) atoms. The molecule has 1 amide bonds.